The lowest BCUT2D eigenvalue weighted by Gasteiger charge is -2.28. The maximum atomic E-state index is 12.4. The molecule has 1 aliphatic rings. The van der Waals surface area contributed by atoms with Gasteiger partial charge in [-0.15, -0.1) is 0 Å². The van der Waals surface area contributed by atoms with Crippen LogP contribution in [0.15, 0.2) is 18.5 Å². The Kier molecular flexibility index (Phi) is 5.77. The fraction of sp³-hybridized carbons (Fsp3) is 0.529. The molecule has 4 nitrogen and oxygen atoms in total. The van der Waals surface area contributed by atoms with Crippen molar-refractivity contribution in [1.82, 2.24) is 10.3 Å². The summed E-state index contributed by atoms with van der Waals surface area (Å²) in [4.78, 5) is 16.5. The van der Waals surface area contributed by atoms with Crippen molar-refractivity contribution in [3.8, 4) is 11.8 Å². The molecule has 0 aromatic carbocycles. The molecular weight excluding hydrogens is 262 g/mol. The molecule has 1 aliphatic carbocycles. The van der Waals surface area contributed by atoms with Gasteiger partial charge in [0.05, 0.1) is 17.7 Å². The van der Waals surface area contributed by atoms with Crippen LogP contribution in [-0.4, -0.2) is 23.5 Å². The first-order valence-electron chi connectivity index (χ1n) is 7.66. The van der Waals surface area contributed by atoms with Gasteiger partial charge in [0.15, 0.2) is 0 Å². The normalized spacial score (nSPS) is 16.7. The highest BCUT2D eigenvalue weighted by atomic mass is 16.1. The molecular formula is C17H23N3O. The summed E-state index contributed by atoms with van der Waals surface area (Å²) >= 11 is 0. The van der Waals surface area contributed by atoms with Crippen molar-refractivity contribution in [2.75, 3.05) is 6.54 Å². The van der Waals surface area contributed by atoms with E-state index in [2.05, 4.69) is 29.1 Å². The Bertz CT molecular complexity index is 538. The molecule has 1 amide bonds. The third-order valence-electron chi connectivity index (χ3n) is 4.11. The van der Waals surface area contributed by atoms with Crippen LogP contribution in [0.3, 0.4) is 0 Å². The van der Waals surface area contributed by atoms with Gasteiger partial charge in [-0.1, -0.05) is 31.1 Å². The standard InChI is InChI=1S/C17H23N3O/c1-13(14-6-3-2-4-7-14)20-17(21)16-9-11-19-12-15(16)8-5-10-18/h9,11-14H,2-4,6-7,10,18H2,1H3,(H,20,21). The van der Waals surface area contributed by atoms with Gasteiger partial charge >= 0.3 is 0 Å². The number of hydrogen-bond acceptors (Lipinski definition) is 3. The molecule has 0 bridgehead atoms. The fourth-order valence-electron chi connectivity index (χ4n) is 2.87. The molecule has 4 heteroatoms. The second-order valence-corrected chi connectivity index (χ2v) is 5.59. The van der Waals surface area contributed by atoms with Gasteiger partial charge < -0.3 is 11.1 Å². The van der Waals surface area contributed by atoms with Crippen LogP contribution in [0.2, 0.25) is 0 Å². The van der Waals surface area contributed by atoms with Crippen molar-refractivity contribution >= 4 is 5.91 Å². The summed E-state index contributed by atoms with van der Waals surface area (Å²) in [7, 11) is 0. The van der Waals surface area contributed by atoms with Gasteiger partial charge in [-0.25, -0.2) is 0 Å². The first-order chi connectivity index (χ1) is 10.2. The van der Waals surface area contributed by atoms with Crippen LogP contribution in [0.5, 0.6) is 0 Å². The molecule has 0 aliphatic heterocycles. The first-order valence-corrected chi connectivity index (χ1v) is 7.66. The molecule has 1 saturated carbocycles. The highest BCUT2D eigenvalue weighted by molar-refractivity contribution is 5.96. The Balaban J connectivity index is 2.05. The van der Waals surface area contributed by atoms with Crippen molar-refractivity contribution in [3.05, 3.63) is 29.6 Å². The van der Waals surface area contributed by atoms with Crippen LogP contribution in [-0.2, 0) is 0 Å². The lowest BCUT2D eigenvalue weighted by Crippen LogP contribution is -2.39. The number of carbonyl (C=O) groups is 1. The minimum absolute atomic E-state index is 0.0724. The summed E-state index contributed by atoms with van der Waals surface area (Å²) in [6.07, 6.45) is 9.51. The van der Waals surface area contributed by atoms with E-state index in [1.54, 1.807) is 18.5 Å². The van der Waals surface area contributed by atoms with Crippen molar-refractivity contribution < 1.29 is 4.79 Å². The summed E-state index contributed by atoms with van der Waals surface area (Å²) in [5.41, 5.74) is 6.60. The predicted molar refractivity (Wildman–Crippen MR) is 83.7 cm³/mol. The molecule has 3 N–H and O–H groups in total. The second kappa shape index (κ2) is 7.80. The Hall–Kier alpha value is -1.86. The molecule has 1 heterocycles. The van der Waals surface area contributed by atoms with Crippen LogP contribution in [0, 0.1) is 17.8 Å². The maximum absolute atomic E-state index is 12.4. The van der Waals surface area contributed by atoms with Gasteiger partial charge in [0.1, 0.15) is 0 Å². The Labute approximate surface area is 126 Å². The number of carbonyl (C=O) groups excluding carboxylic acids is 1. The molecule has 1 atom stereocenters. The molecule has 1 aromatic rings. The number of hydrogen-bond donors (Lipinski definition) is 2. The van der Waals surface area contributed by atoms with E-state index in [0.717, 1.165) is 0 Å². The number of aromatic nitrogens is 1. The van der Waals surface area contributed by atoms with E-state index in [4.69, 9.17) is 5.73 Å². The van der Waals surface area contributed by atoms with E-state index in [9.17, 15) is 4.79 Å². The van der Waals surface area contributed by atoms with Crippen LogP contribution in [0.1, 0.15) is 54.9 Å². The van der Waals surface area contributed by atoms with Crippen molar-refractivity contribution in [3.63, 3.8) is 0 Å². The van der Waals surface area contributed by atoms with Crippen LogP contribution < -0.4 is 11.1 Å². The van der Waals surface area contributed by atoms with E-state index in [1.807, 2.05) is 0 Å². The van der Waals surface area contributed by atoms with Crippen LogP contribution in [0.4, 0.5) is 0 Å². The number of nitrogens with zero attached hydrogens (tertiary/aromatic N) is 1. The third kappa shape index (κ3) is 4.30. The Morgan fingerprint density at radius 3 is 2.95 bits per heavy atom. The number of rotatable bonds is 3. The molecule has 0 radical (unpaired) electrons. The van der Waals surface area contributed by atoms with E-state index in [1.165, 1.54) is 32.1 Å². The number of nitrogens with two attached hydrogens (primary N) is 1. The average molecular weight is 285 g/mol. The van der Waals surface area contributed by atoms with Gasteiger partial charge in [-0.2, -0.15) is 0 Å². The quantitative estimate of drug-likeness (QED) is 0.836. The molecule has 1 aromatic heterocycles. The largest absolute Gasteiger partial charge is 0.349 e. The fourth-order valence-corrected chi connectivity index (χ4v) is 2.87. The zero-order chi connectivity index (χ0) is 15.1. The minimum Gasteiger partial charge on any atom is -0.349 e. The molecule has 0 saturated heterocycles. The third-order valence-corrected chi connectivity index (χ3v) is 4.11. The number of nitrogens with one attached hydrogen (secondary N) is 1. The van der Waals surface area contributed by atoms with Crippen LogP contribution >= 0.6 is 0 Å². The molecule has 1 unspecified atom stereocenters. The van der Waals surface area contributed by atoms with Gasteiger partial charge in [0.2, 0.25) is 0 Å². The van der Waals surface area contributed by atoms with Gasteiger partial charge in [0.25, 0.3) is 5.91 Å². The van der Waals surface area contributed by atoms with Crippen molar-refractivity contribution in [1.29, 1.82) is 0 Å². The lowest BCUT2D eigenvalue weighted by atomic mass is 9.84. The zero-order valence-electron chi connectivity index (χ0n) is 12.6. The van der Waals surface area contributed by atoms with E-state index in [-0.39, 0.29) is 18.5 Å². The summed E-state index contributed by atoms with van der Waals surface area (Å²) in [5, 5.41) is 3.12. The van der Waals surface area contributed by atoms with E-state index < -0.39 is 0 Å². The zero-order valence-corrected chi connectivity index (χ0v) is 12.6. The highest BCUT2D eigenvalue weighted by Gasteiger charge is 2.22. The summed E-state index contributed by atoms with van der Waals surface area (Å²) < 4.78 is 0. The number of pyridine rings is 1. The summed E-state index contributed by atoms with van der Waals surface area (Å²) in [5.74, 6) is 6.20. The van der Waals surface area contributed by atoms with E-state index >= 15 is 0 Å². The maximum Gasteiger partial charge on any atom is 0.252 e. The minimum atomic E-state index is -0.0724. The summed E-state index contributed by atoms with van der Waals surface area (Å²) in [6.45, 7) is 2.37. The second-order valence-electron chi connectivity index (χ2n) is 5.59. The monoisotopic (exact) mass is 285 g/mol. The average Bonchev–Trinajstić information content (AvgIpc) is 2.54. The first kappa shape index (κ1) is 15.5. The van der Waals surface area contributed by atoms with Gasteiger partial charge in [0, 0.05) is 18.4 Å². The topological polar surface area (TPSA) is 68.0 Å². The van der Waals surface area contributed by atoms with Crippen molar-refractivity contribution in [2.24, 2.45) is 11.7 Å². The molecule has 112 valence electrons. The summed E-state index contributed by atoms with van der Waals surface area (Å²) in [6, 6.07) is 1.91. The Morgan fingerprint density at radius 1 is 1.48 bits per heavy atom. The number of amides is 1. The smallest absolute Gasteiger partial charge is 0.252 e. The SMILES string of the molecule is CC(NC(=O)c1ccncc1C#CCN)C1CCCCC1. The van der Waals surface area contributed by atoms with Gasteiger partial charge in [-0.3, -0.25) is 9.78 Å². The van der Waals surface area contributed by atoms with E-state index in [0.29, 0.717) is 17.0 Å². The highest BCUT2D eigenvalue weighted by Crippen LogP contribution is 2.26. The molecule has 0 spiro atoms. The molecule has 21 heavy (non-hydrogen) atoms. The molecule has 2 rings (SSSR count). The predicted octanol–water partition coefficient (Wildman–Crippen LogP) is 2.09. The van der Waals surface area contributed by atoms with Crippen molar-refractivity contribution in [2.45, 2.75) is 45.1 Å². The Morgan fingerprint density at radius 2 is 2.24 bits per heavy atom. The lowest BCUT2D eigenvalue weighted by molar-refractivity contribution is 0.0919. The van der Waals surface area contributed by atoms with Gasteiger partial charge in [-0.05, 0) is 31.7 Å². The van der Waals surface area contributed by atoms with Crippen LogP contribution in [0.25, 0.3) is 0 Å². The molecule has 1 fully saturated rings.